The second kappa shape index (κ2) is 6.06. The third-order valence-corrected chi connectivity index (χ3v) is 2.09. The molecular weight excluding hydrogens is 190 g/mol. The van der Waals surface area contributed by atoms with Gasteiger partial charge in [0.15, 0.2) is 0 Å². The molecule has 3 nitrogen and oxygen atoms in total. The van der Waals surface area contributed by atoms with Gasteiger partial charge in [0.1, 0.15) is 0 Å². The Kier molecular flexibility index (Phi) is 4.68. The molecule has 2 N–H and O–H groups in total. The van der Waals surface area contributed by atoms with E-state index in [1.807, 2.05) is 24.3 Å². The molecule has 0 saturated carbocycles. The zero-order valence-corrected chi connectivity index (χ0v) is 8.74. The highest BCUT2D eigenvalue weighted by atomic mass is 16.5. The van der Waals surface area contributed by atoms with E-state index >= 15 is 0 Å². The number of benzene rings is 1. The summed E-state index contributed by atoms with van der Waals surface area (Å²) in [5, 5.41) is 0. The highest BCUT2D eigenvalue weighted by Gasteiger charge is 2.01. The zero-order valence-electron chi connectivity index (χ0n) is 8.74. The maximum absolute atomic E-state index is 11.0. The molecular formula is C12H16NO2. The summed E-state index contributed by atoms with van der Waals surface area (Å²) in [6.07, 6.45) is 2.11. The van der Waals surface area contributed by atoms with Crippen molar-refractivity contribution in [3.8, 4) is 0 Å². The number of nitrogens with two attached hydrogens (primary N) is 1. The SMILES string of the molecule is [CH2]COC(=O)CCCc1ccc(N)cc1. The number of esters is 1. The summed E-state index contributed by atoms with van der Waals surface area (Å²) in [6, 6.07) is 7.68. The van der Waals surface area contributed by atoms with Crippen molar-refractivity contribution in [1.82, 2.24) is 0 Å². The molecule has 1 rings (SSSR count). The largest absolute Gasteiger partial charge is 0.466 e. The Labute approximate surface area is 90.2 Å². The van der Waals surface area contributed by atoms with Crippen LogP contribution in [-0.2, 0) is 16.0 Å². The van der Waals surface area contributed by atoms with E-state index in [1.165, 1.54) is 5.56 Å². The number of rotatable bonds is 5. The van der Waals surface area contributed by atoms with E-state index in [9.17, 15) is 4.79 Å². The van der Waals surface area contributed by atoms with Crippen LogP contribution in [-0.4, -0.2) is 12.6 Å². The lowest BCUT2D eigenvalue weighted by molar-refractivity contribution is -0.142. The Hall–Kier alpha value is -1.51. The van der Waals surface area contributed by atoms with E-state index in [2.05, 4.69) is 6.92 Å². The van der Waals surface area contributed by atoms with Crippen LogP contribution in [0.1, 0.15) is 18.4 Å². The van der Waals surface area contributed by atoms with Gasteiger partial charge in [-0.2, -0.15) is 0 Å². The van der Waals surface area contributed by atoms with Gasteiger partial charge < -0.3 is 10.5 Å². The topological polar surface area (TPSA) is 52.3 Å². The van der Waals surface area contributed by atoms with Crippen LogP contribution < -0.4 is 5.73 Å². The summed E-state index contributed by atoms with van der Waals surface area (Å²) < 4.78 is 4.73. The maximum Gasteiger partial charge on any atom is 0.305 e. The third-order valence-electron chi connectivity index (χ3n) is 2.09. The number of hydrogen-bond acceptors (Lipinski definition) is 3. The number of anilines is 1. The zero-order chi connectivity index (χ0) is 11.1. The molecule has 1 radical (unpaired) electrons. The van der Waals surface area contributed by atoms with E-state index in [0.29, 0.717) is 6.42 Å². The van der Waals surface area contributed by atoms with Gasteiger partial charge in [-0.15, -0.1) is 0 Å². The van der Waals surface area contributed by atoms with Gasteiger partial charge in [0.2, 0.25) is 0 Å². The highest BCUT2D eigenvalue weighted by Crippen LogP contribution is 2.09. The van der Waals surface area contributed by atoms with Crippen LogP contribution in [0.2, 0.25) is 0 Å². The van der Waals surface area contributed by atoms with Gasteiger partial charge >= 0.3 is 5.97 Å². The summed E-state index contributed by atoms with van der Waals surface area (Å²) in [4.78, 5) is 11.0. The average molecular weight is 206 g/mol. The first kappa shape index (κ1) is 11.6. The van der Waals surface area contributed by atoms with E-state index in [1.54, 1.807) is 0 Å². The fourth-order valence-corrected chi connectivity index (χ4v) is 1.31. The van der Waals surface area contributed by atoms with Crippen LogP contribution in [0.15, 0.2) is 24.3 Å². The first-order valence-electron chi connectivity index (χ1n) is 5.01. The first-order chi connectivity index (χ1) is 7.22. The van der Waals surface area contributed by atoms with Crippen molar-refractivity contribution >= 4 is 11.7 Å². The molecule has 0 atom stereocenters. The summed E-state index contributed by atoms with van der Waals surface area (Å²) >= 11 is 0. The Morgan fingerprint density at radius 2 is 2.00 bits per heavy atom. The molecule has 0 amide bonds. The number of nitrogen functional groups attached to an aromatic ring is 1. The van der Waals surface area contributed by atoms with E-state index in [0.717, 1.165) is 18.5 Å². The van der Waals surface area contributed by atoms with Crippen molar-refractivity contribution in [1.29, 1.82) is 0 Å². The highest BCUT2D eigenvalue weighted by molar-refractivity contribution is 5.69. The van der Waals surface area contributed by atoms with Gasteiger partial charge in [0.25, 0.3) is 0 Å². The van der Waals surface area contributed by atoms with Gasteiger partial charge in [-0.3, -0.25) is 4.79 Å². The van der Waals surface area contributed by atoms with Gasteiger partial charge in [0, 0.05) is 12.1 Å². The molecule has 0 saturated heterocycles. The molecule has 0 fully saturated rings. The summed E-state index contributed by atoms with van der Waals surface area (Å²) in [5.41, 5.74) is 7.51. The second-order valence-corrected chi connectivity index (χ2v) is 3.32. The third kappa shape index (κ3) is 4.49. The molecule has 0 bridgehead atoms. The Morgan fingerprint density at radius 3 is 2.60 bits per heavy atom. The minimum absolute atomic E-state index is 0.180. The van der Waals surface area contributed by atoms with E-state index in [4.69, 9.17) is 10.5 Å². The fraction of sp³-hybridized carbons (Fsp3) is 0.333. The van der Waals surface area contributed by atoms with Crippen molar-refractivity contribution in [3.63, 3.8) is 0 Å². The van der Waals surface area contributed by atoms with Crippen LogP contribution in [0.5, 0.6) is 0 Å². The second-order valence-electron chi connectivity index (χ2n) is 3.32. The van der Waals surface area contributed by atoms with Crippen LogP contribution in [0, 0.1) is 6.92 Å². The monoisotopic (exact) mass is 206 g/mol. The van der Waals surface area contributed by atoms with Crippen molar-refractivity contribution in [2.45, 2.75) is 19.3 Å². The van der Waals surface area contributed by atoms with Crippen LogP contribution >= 0.6 is 0 Å². The Bertz CT molecular complexity index is 306. The predicted octanol–water partition coefficient (Wildman–Crippen LogP) is 1.97. The minimum atomic E-state index is -0.180. The molecule has 0 spiro atoms. The summed E-state index contributed by atoms with van der Waals surface area (Å²) in [7, 11) is 0. The molecule has 0 aromatic heterocycles. The lowest BCUT2D eigenvalue weighted by atomic mass is 10.1. The lowest BCUT2D eigenvalue weighted by Crippen LogP contribution is -2.04. The van der Waals surface area contributed by atoms with Crippen molar-refractivity contribution < 1.29 is 9.53 Å². The molecule has 1 aromatic carbocycles. The van der Waals surface area contributed by atoms with Crippen LogP contribution in [0.3, 0.4) is 0 Å². The molecule has 1 aromatic rings. The summed E-state index contributed by atoms with van der Waals surface area (Å²) in [6.45, 7) is 3.65. The average Bonchev–Trinajstić information content (AvgIpc) is 2.21. The predicted molar refractivity (Wildman–Crippen MR) is 60.1 cm³/mol. The normalized spacial score (nSPS) is 9.93. The molecule has 0 unspecified atom stereocenters. The Morgan fingerprint density at radius 1 is 1.33 bits per heavy atom. The quantitative estimate of drug-likeness (QED) is 0.592. The molecule has 0 aliphatic rings. The standard InChI is InChI=1S/C12H16NO2/c1-2-15-12(14)5-3-4-10-6-8-11(13)9-7-10/h6-9H,1-5,13H2. The van der Waals surface area contributed by atoms with Crippen molar-refractivity contribution in [2.24, 2.45) is 0 Å². The van der Waals surface area contributed by atoms with Crippen LogP contribution in [0.25, 0.3) is 0 Å². The number of ether oxygens (including phenoxy) is 1. The van der Waals surface area contributed by atoms with Crippen molar-refractivity contribution in [3.05, 3.63) is 36.8 Å². The van der Waals surface area contributed by atoms with E-state index in [-0.39, 0.29) is 12.6 Å². The van der Waals surface area contributed by atoms with Crippen molar-refractivity contribution in [2.75, 3.05) is 12.3 Å². The number of carbonyl (C=O) groups excluding carboxylic acids is 1. The van der Waals surface area contributed by atoms with Gasteiger partial charge in [0.05, 0.1) is 6.61 Å². The molecule has 81 valence electrons. The summed E-state index contributed by atoms with van der Waals surface area (Å²) in [5.74, 6) is -0.180. The first-order valence-corrected chi connectivity index (χ1v) is 5.01. The van der Waals surface area contributed by atoms with Gasteiger partial charge in [-0.1, -0.05) is 12.1 Å². The lowest BCUT2D eigenvalue weighted by Gasteiger charge is -2.02. The molecule has 0 aliphatic heterocycles. The fourth-order valence-electron chi connectivity index (χ4n) is 1.31. The van der Waals surface area contributed by atoms with Crippen LogP contribution in [0.4, 0.5) is 5.69 Å². The number of carbonyl (C=O) groups is 1. The number of aryl methyl sites for hydroxylation is 1. The minimum Gasteiger partial charge on any atom is -0.466 e. The van der Waals surface area contributed by atoms with E-state index < -0.39 is 0 Å². The maximum atomic E-state index is 11.0. The van der Waals surface area contributed by atoms with Gasteiger partial charge in [-0.25, -0.2) is 0 Å². The molecule has 0 aliphatic carbocycles. The molecule has 0 heterocycles. The smallest absolute Gasteiger partial charge is 0.305 e. The molecule has 3 heteroatoms. The Balaban J connectivity index is 2.26. The molecule has 15 heavy (non-hydrogen) atoms. The number of hydrogen-bond donors (Lipinski definition) is 1. The van der Waals surface area contributed by atoms with Gasteiger partial charge in [-0.05, 0) is 37.5 Å².